The molecule has 0 fully saturated rings. The summed E-state index contributed by atoms with van der Waals surface area (Å²) in [6.45, 7) is 3.79. The summed E-state index contributed by atoms with van der Waals surface area (Å²) in [4.78, 5) is 30.9. The smallest absolute Gasteiger partial charge is 0.283 e. The van der Waals surface area contributed by atoms with Gasteiger partial charge in [0.2, 0.25) is 5.78 Å². The number of aryl methyl sites for hydroxylation is 3. The molecule has 5 rings (SSSR count). The summed E-state index contributed by atoms with van der Waals surface area (Å²) in [5.74, 6) is 0.0726. The topological polar surface area (TPSA) is 66.2 Å². The van der Waals surface area contributed by atoms with Crippen LogP contribution in [0, 0.1) is 19.7 Å². The molecular weight excluding hydrogens is 397 g/mol. The molecule has 0 amide bonds. The minimum atomic E-state index is -0.542. The molecule has 156 valence electrons. The Morgan fingerprint density at radius 1 is 1.00 bits per heavy atom. The highest BCUT2D eigenvalue weighted by molar-refractivity contribution is 5.76. The largest absolute Gasteiger partial charge is 0.332 e. The molecule has 0 bridgehead atoms. The van der Waals surface area contributed by atoms with Crippen molar-refractivity contribution in [3.05, 3.63) is 98.2 Å². The van der Waals surface area contributed by atoms with E-state index in [1.807, 2.05) is 48.9 Å². The van der Waals surface area contributed by atoms with Crippen molar-refractivity contribution in [2.75, 3.05) is 0 Å². The lowest BCUT2D eigenvalue weighted by molar-refractivity contribution is 0.582. The van der Waals surface area contributed by atoms with Crippen LogP contribution in [-0.2, 0) is 13.6 Å². The maximum Gasteiger partial charge on any atom is 0.332 e. The average Bonchev–Trinajstić information content (AvgIpc) is 3.26. The van der Waals surface area contributed by atoms with E-state index in [1.54, 1.807) is 29.6 Å². The lowest BCUT2D eigenvalue weighted by Crippen LogP contribution is -2.39. The zero-order valence-electron chi connectivity index (χ0n) is 17.3. The molecule has 8 heteroatoms. The van der Waals surface area contributed by atoms with E-state index in [9.17, 15) is 14.0 Å². The highest BCUT2D eigenvalue weighted by Crippen LogP contribution is 2.21. The summed E-state index contributed by atoms with van der Waals surface area (Å²) < 4.78 is 20.2. The van der Waals surface area contributed by atoms with Gasteiger partial charge in [0.25, 0.3) is 5.56 Å². The Kier molecular flexibility index (Phi) is 4.18. The SMILES string of the molecule is Cc1ccc(-n2c(C)cn3c4c(=O)n(Cc5ccccc5F)c(=O)n(C)c4nc23)cc1. The third-order valence-electron chi connectivity index (χ3n) is 5.60. The lowest BCUT2D eigenvalue weighted by Gasteiger charge is -2.09. The van der Waals surface area contributed by atoms with Gasteiger partial charge in [-0.15, -0.1) is 0 Å². The number of benzene rings is 2. The van der Waals surface area contributed by atoms with Gasteiger partial charge in [-0.3, -0.25) is 22.9 Å². The molecular formula is C23H20FN5O2. The first kappa shape index (κ1) is 19.0. The number of hydrogen-bond donors (Lipinski definition) is 0. The summed E-state index contributed by atoms with van der Waals surface area (Å²) in [7, 11) is 1.57. The summed E-state index contributed by atoms with van der Waals surface area (Å²) in [6.07, 6.45) is 1.82. The molecule has 7 nitrogen and oxygen atoms in total. The molecule has 0 spiro atoms. The Labute approximate surface area is 176 Å². The van der Waals surface area contributed by atoms with E-state index < -0.39 is 17.1 Å². The van der Waals surface area contributed by atoms with Crippen molar-refractivity contribution in [2.24, 2.45) is 7.05 Å². The minimum absolute atomic E-state index is 0.154. The van der Waals surface area contributed by atoms with Crippen LogP contribution in [0.5, 0.6) is 0 Å². The van der Waals surface area contributed by atoms with E-state index in [2.05, 4.69) is 4.98 Å². The zero-order chi connectivity index (χ0) is 21.9. The third-order valence-corrected chi connectivity index (χ3v) is 5.60. The first-order valence-electron chi connectivity index (χ1n) is 9.87. The molecule has 0 aliphatic carbocycles. The second-order valence-electron chi connectivity index (χ2n) is 7.72. The predicted octanol–water partition coefficient (Wildman–Crippen LogP) is 2.94. The Balaban J connectivity index is 1.80. The van der Waals surface area contributed by atoms with Crippen molar-refractivity contribution < 1.29 is 4.39 Å². The van der Waals surface area contributed by atoms with Crippen LogP contribution in [0.3, 0.4) is 0 Å². The Bertz CT molecular complexity index is 1590. The van der Waals surface area contributed by atoms with Gasteiger partial charge >= 0.3 is 5.69 Å². The summed E-state index contributed by atoms with van der Waals surface area (Å²) in [5, 5.41) is 0. The van der Waals surface area contributed by atoms with Gasteiger partial charge in [0.1, 0.15) is 5.82 Å². The first-order chi connectivity index (χ1) is 14.9. The van der Waals surface area contributed by atoms with Gasteiger partial charge in [-0.25, -0.2) is 9.18 Å². The molecule has 2 aromatic carbocycles. The van der Waals surface area contributed by atoms with E-state index >= 15 is 0 Å². The standard InChI is InChI=1S/C23H20FN5O2/c1-14-8-10-17(11-9-14)29-15(2)12-27-19-20(25-22(27)29)26(3)23(31)28(21(19)30)13-16-6-4-5-7-18(16)24/h4-12H,13H2,1-3H3. The van der Waals surface area contributed by atoms with Crippen LogP contribution in [0.2, 0.25) is 0 Å². The molecule has 3 heterocycles. The van der Waals surface area contributed by atoms with Crippen molar-refractivity contribution >= 4 is 16.9 Å². The number of rotatable bonds is 3. The van der Waals surface area contributed by atoms with Crippen LogP contribution in [0.25, 0.3) is 22.6 Å². The number of halogens is 1. The van der Waals surface area contributed by atoms with Gasteiger partial charge < -0.3 is 0 Å². The molecule has 0 atom stereocenters. The molecule has 0 saturated carbocycles. The van der Waals surface area contributed by atoms with Gasteiger partial charge in [-0.05, 0) is 32.0 Å². The molecule has 0 radical (unpaired) electrons. The second-order valence-corrected chi connectivity index (χ2v) is 7.72. The van der Waals surface area contributed by atoms with E-state index in [1.165, 1.54) is 10.6 Å². The molecule has 0 unspecified atom stereocenters. The first-order valence-corrected chi connectivity index (χ1v) is 9.87. The maximum absolute atomic E-state index is 14.2. The molecule has 5 aromatic rings. The van der Waals surface area contributed by atoms with Gasteiger partial charge in [-0.2, -0.15) is 4.98 Å². The molecule has 0 saturated heterocycles. The third kappa shape index (κ3) is 2.83. The molecule has 0 aliphatic rings. The Morgan fingerprint density at radius 2 is 1.71 bits per heavy atom. The summed E-state index contributed by atoms with van der Waals surface area (Å²) >= 11 is 0. The van der Waals surface area contributed by atoms with Gasteiger partial charge in [0.05, 0.1) is 6.54 Å². The fourth-order valence-corrected chi connectivity index (χ4v) is 3.96. The van der Waals surface area contributed by atoms with Crippen LogP contribution in [0.15, 0.2) is 64.3 Å². The van der Waals surface area contributed by atoms with Crippen molar-refractivity contribution in [2.45, 2.75) is 20.4 Å². The number of imidazole rings is 2. The summed E-state index contributed by atoms with van der Waals surface area (Å²) in [6, 6.07) is 14.1. The van der Waals surface area contributed by atoms with Crippen LogP contribution in [0.4, 0.5) is 4.39 Å². The Morgan fingerprint density at radius 3 is 2.42 bits per heavy atom. The zero-order valence-corrected chi connectivity index (χ0v) is 17.3. The fraction of sp³-hybridized carbons (Fsp3) is 0.174. The quantitative estimate of drug-likeness (QED) is 0.453. The average molecular weight is 417 g/mol. The van der Waals surface area contributed by atoms with Crippen molar-refractivity contribution in [1.82, 2.24) is 23.1 Å². The monoisotopic (exact) mass is 417 g/mol. The fourth-order valence-electron chi connectivity index (χ4n) is 3.96. The maximum atomic E-state index is 14.2. The van der Waals surface area contributed by atoms with Crippen LogP contribution >= 0.6 is 0 Å². The van der Waals surface area contributed by atoms with E-state index in [0.29, 0.717) is 5.78 Å². The molecule has 0 aliphatic heterocycles. The van der Waals surface area contributed by atoms with Crippen LogP contribution in [-0.4, -0.2) is 23.1 Å². The number of aromatic nitrogens is 5. The highest BCUT2D eigenvalue weighted by atomic mass is 19.1. The van der Waals surface area contributed by atoms with Crippen LogP contribution in [0.1, 0.15) is 16.8 Å². The van der Waals surface area contributed by atoms with E-state index in [4.69, 9.17) is 0 Å². The van der Waals surface area contributed by atoms with Crippen LogP contribution < -0.4 is 11.2 Å². The number of hydrogen-bond acceptors (Lipinski definition) is 3. The molecule has 31 heavy (non-hydrogen) atoms. The summed E-state index contributed by atoms with van der Waals surface area (Å²) in [5.41, 5.74) is 2.73. The second kappa shape index (κ2) is 6.80. The van der Waals surface area contributed by atoms with Crippen molar-refractivity contribution in [1.29, 1.82) is 0 Å². The van der Waals surface area contributed by atoms with E-state index in [0.717, 1.165) is 21.5 Å². The number of nitrogens with zero attached hydrogens (tertiary/aromatic N) is 5. The normalized spacial score (nSPS) is 11.6. The Hall–Kier alpha value is -3.94. The molecule has 3 aromatic heterocycles. The van der Waals surface area contributed by atoms with Gasteiger partial charge in [0.15, 0.2) is 11.2 Å². The van der Waals surface area contributed by atoms with Gasteiger partial charge in [0, 0.05) is 30.2 Å². The lowest BCUT2D eigenvalue weighted by atomic mass is 10.2. The highest BCUT2D eigenvalue weighted by Gasteiger charge is 2.21. The van der Waals surface area contributed by atoms with Gasteiger partial charge in [-0.1, -0.05) is 35.9 Å². The van der Waals surface area contributed by atoms with Crippen molar-refractivity contribution in [3.63, 3.8) is 0 Å². The van der Waals surface area contributed by atoms with Crippen molar-refractivity contribution in [3.8, 4) is 5.69 Å². The van der Waals surface area contributed by atoms with E-state index in [-0.39, 0.29) is 23.3 Å². The predicted molar refractivity (Wildman–Crippen MR) is 117 cm³/mol. The minimum Gasteiger partial charge on any atom is -0.283 e. The molecule has 0 N–H and O–H groups in total. The number of fused-ring (bicyclic) bond motifs is 3.